The molecule has 0 rings (SSSR count). The van der Waals surface area contributed by atoms with Crippen LogP contribution >= 0.6 is 0 Å². The maximum atomic E-state index is 10.9. The molecule has 0 aliphatic rings. The topological polar surface area (TPSA) is 37.3 Å². The smallest absolute Gasteiger partial charge is 0.161 e. The number of carbonyl (C=O) groups is 1. The van der Waals surface area contributed by atoms with Gasteiger partial charge in [0.05, 0.1) is 0 Å². The third kappa shape index (κ3) is 2.97. The second-order valence-corrected chi connectivity index (χ2v) is 2.91. The molecule has 10 heavy (non-hydrogen) atoms. The van der Waals surface area contributed by atoms with Gasteiger partial charge in [-0.2, -0.15) is 0 Å². The molecule has 2 heteroatoms. The van der Waals surface area contributed by atoms with Crippen molar-refractivity contribution >= 4 is 5.78 Å². The standard InChI is InChI=1S/C8H16O2/c1-4-5-7(9)8(10)6(2)3/h6,8,10H,4-5H2,1-3H3/t8-/m0/s1. The van der Waals surface area contributed by atoms with E-state index < -0.39 is 6.10 Å². The second kappa shape index (κ2) is 4.45. The molecule has 1 N–H and O–H groups in total. The Kier molecular flexibility index (Phi) is 4.28. The molecule has 0 amide bonds. The predicted molar refractivity (Wildman–Crippen MR) is 40.8 cm³/mol. The molecule has 1 atom stereocenters. The van der Waals surface area contributed by atoms with E-state index >= 15 is 0 Å². The zero-order valence-corrected chi connectivity index (χ0v) is 6.92. The summed E-state index contributed by atoms with van der Waals surface area (Å²) in [7, 11) is 0. The molecule has 0 spiro atoms. The SMILES string of the molecule is CCCC(=O)[C@@H](O)C(C)C. The van der Waals surface area contributed by atoms with Crippen LogP contribution in [-0.4, -0.2) is 17.0 Å². The molecule has 0 aromatic heterocycles. The van der Waals surface area contributed by atoms with E-state index in [1.807, 2.05) is 20.8 Å². The van der Waals surface area contributed by atoms with E-state index in [9.17, 15) is 9.90 Å². The highest BCUT2D eigenvalue weighted by molar-refractivity contribution is 5.82. The molecule has 0 saturated carbocycles. The summed E-state index contributed by atoms with van der Waals surface area (Å²) >= 11 is 0. The van der Waals surface area contributed by atoms with E-state index in [0.29, 0.717) is 6.42 Å². The Hall–Kier alpha value is -0.370. The molecule has 0 fully saturated rings. The van der Waals surface area contributed by atoms with Gasteiger partial charge in [-0.25, -0.2) is 0 Å². The fourth-order valence-electron chi connectivity index (χ4n) is 0.766. The average molecular weight is 144 g/mol. The lowest BCUT2D eigenvalue weighted by molar-refractivity contribution is -0.129. The van der Waals surface area contributed by atoms with Gasteiger partial charge in [-0.1, -0.05) is 20.8 Å². The van der Waals surface area contributed by atoms with Gasteiger partial charge < -0.3 is 5.11 Å². The molecule has 60 valence electrons. The first-order valence-corrected chi connectivity index (χ1v) is 3.80. The Morgan fingerprint density at radius 2 is 2.00 bits per heavy atom. The highest BCUT2D eigenvalue weighted by Crippen LogP contribution is 2.05. The Morgan fingerprint density at radius 1 is 1.50 bits per heavy atom. The van der Waals surface area contributed by atoms with Crippen molar-refractivity contribution in [2.75, 3.05) is 0 Å². The lowest BCUT2D eigenvalue weighted by Crippen LogP contribution is -2.25. The number of ketones is 1. The number of rotatable bonds is 4. The number of hydrogen-bond acceptors (Lipinski definition) is 2. The van der Waals surface area contributed by atoms with Crippen molar-refractivity contribution in [3.05, 3.63) is 0 Å². The van der Waals surface area contributed by atoms with Crippen LogP contribution < -0.4 is 0 Å². The van der Waals surface area contributed by atoms with Crippen molar-refractivity contribution in [3.8, 4) is 0 Å². The first-order chi connectivity index (χ1) is 4.59. The summed E-state index contributed by atoms with van der Waals surface area (Å²) in [6.07, 6.45) is 0.571. The summed E-state index contributed by atoms with van der Waals surface area (Å²) in [5.41, 5.74) is 0. The molecular weight excluding hydrogens is 128 g/mol. The van der Waals surface area contributed by atoms with Crippen LogP contribution in [0.1, 0.15) is 33.6 Å². The van der Waals surface area contributed by atoms with Crippen molar-refractivity contribution in [1.29, 1.82) is 0 Å². The summed E-state index contributed by atoms with van der Waals surface area (Å²) in [6, 6.07) is 0. The molecule has 0 unspecified atom stereocenters. The van der Waals surface area contributed by atoms with Gasteiger partial charge in [0.1, 0.15) is 6.10 Å². The summed E-state index contributed by atoms with van der Waals surface area (Å²) in [4.78, 5) is 10.9. The van der Waals surface area contributed by atoms with Crippen molar-refractivity contribution < 1.29 is 9.90 Å². The Labute approximate surface area is 62.2 Å². The third-order valence-electron chi connectivity index (χ3n) is 1.46. The summed E-state index contributed by atoms with van der Waals surface area (Å²) in [6.45, 7) is 5.63. The van der Waals surface area contributed by atoms with Crippen LogP contribution in [0, 0.1) is 5.92 Å². The molecule has 0 saturated heterocycles. The van der Waals surface area contributed by atoms with Crippen LogP contribution in [0.5, 0.6) is 0 Å². The quantitative estimate of drug-likeness (QED) is 0.647. The molecule has 0 heterocycles. The van der Waals surface area contributed by atoms with E-state index in [-0.39, 0.29) is 11.7 Å². The minimum absolute atomic E-state index is 0.0301. The Morgan fingerprint density at radius 3 is 2.30 bits per heavy atom. The minimum Gasteiger partial charge on any atom is -0.385 e. The lowest BCUT2D eigenvalue weighted by Gasteiger charge is -2.11. The van der Waals surface area contributed by atoms with Crippen LogP contribution in [0.4, 0.5) is 0 Å². The first-order valence-electron chi connectivity index (χ1n) is 3.80. The number of aliphatic hydroxyl groups is 1. The van der Waals surface area contributed by atoms with Crippen LogP contribution in [-0.2, 0) is 4.79 Å². The molecule has 2 nitrogen and oxygen atoms in total. The Balaban J connectivity index is 3.71. The Bertz CT molecular complexity index is 108. The second-order valence-electron chi connectivity index (χ2n) is 2.91. The van der Waals surface area contributed by atoms with Crippen molar-refractivity contribution in [1.82, 2.24) is 0 Å². The molecule has 0 aliphatic heterocycles. The predicted octanol–water partition coefficient (Wildman–Crippen LogP) is 1.37. The minimum atomic E-state index is -0.750. The van der Waals surface area contributed by atoms with Gasteiger partial charge in [0, 0.05) is 6.42 Å². The van der Waals surface area contributed by atoms with E-state index in [0.717, 1.165) is 6.42 Å². The molecule has 0 bridgehead atoms. The number of aliphatic hydroxyl groups excluding tert-OH is 1. The van der Waals surface area contributed by atoms with E-state index in [2.05, 4.69) is 0 Å². The van der Waals surface area contributed by atoms with Crippen molar-refractivity contribution in [3.63, 3.8) is 0 Å². The maximum absolute atomic E-state index is 10.9. The first kappa shape index (κ1) is 9.63. The molecular formula is C8H16O2. The van der Waals surface area contributed by atoms with Gasteiger partial charge >= 0.3 is 0 Å². The van der Waals surface area contributed by atoms with Crippen molar-refractivity contribution in [2.45, 2.75) is 39.7 Å². The molecule has 0 radical (unpaired) electrons. The molecule has 0 aromatic carbocycles. The average Bonchev–Trinajstić information content (AvgIpc) is 1.87. The van der Waals surface area contributed by atoms with Gasteiger partial charge in [-0.05, 0) is 12.3 Å². The van der Waals surface area contributed by atoms with Crippen LogP contribution in [0.2, 0.25) is 0 Å². The van der Waals surface area contributed by atoms with Crippen molar-refractivity contribution in [2.24, 2.45) is 5.92 Å². The normalized spacial score (nSPS) is 13.7. The van der Waals surface area contributed by atoms with Gasteiger partial charge in [0.15, 0.2) is 5.78 Å². The highest BCUT2D eigenvalue weighted by Gasteiger charge is 2.16. The largest absolute Gasteiger partial charge is 0.385 e. The molecule has 0 aromatic rings. The lowest BCUT2D eigenvalue weighted by atomic mass is 10.0. The fourth-order valence-corrected chi connectivity index (χ4v) is 0.766. The van der Waals surface area contributed by atoms with E-state index in [4.69, 9.17) is 0 Å². The summed E-state index contributed by atoms with van der Waals surface area (Å²) in [5.74, 6) is 0.0246. The van der Waals surface area contributed by atoms with Gasteiger partial charge in [0.25, 0.3) is 0 Å². The third-order valence-corrected chi connectivity index (χ3v) is 1.46. The monoisotopic (exact) mass is 144 g/mol. The zero-order chi connectivity index (χ0) is 8.15. The van der Waals surface area contributed by atoms with Crippen LogP contribution in [0.15, 0.2) is 0 Å². The number of hydrogen-bond donors (Lipinski definition) is 1. The van der Waals surface area contributed by atoms with Crippen LogP contribution in [0.25, 0.3) is 0 Å². The fraction of sp³-hybridized carbons (Fsp3) is 0.875. The van der Waals surface area contributed by atoms with E-state index in [1.54, 1.807) is 0 Å². The van der Waals surface area contributed by atoms with Gasteiger partial charge in [-0.15, -0.1) is 0 Å². The van der Waals surface area contributed by atoms with Gasteiger partial charge in [0.2, 0.25) is 0 Å². The van der Waals surface area contributed by atoms with E-state index in [1.165, 1.54) is 0 Å². The maximum Gasteiger partial charge on any atom is 0.161 e. The zero-order valence-electron chi connectivity index (χ0n) is 6.92. The number of Topliss-reactive ketones (excluding diaryl/α,β-unsaturated/α-hetero) is 1. The summed E-state index contributed by atoms with van der Waals surface area (Å²) in [5, 5.41) is 9.18. The summed E-state index contributed by atoms with van der Waals surface area (Å²) < 4.78 is 0. The highest BCUT2D eigenvalue weighted by atomic mass is 16.3. The molecule has 0 aliphatic carbocycles. The van der Waals surface area contributed by atoms with Crippen LogP contribution in [0.3, 0.4) is 0 Å². The number of carbonyl (C=O) groups excluding carboxylic acids is 1. The van der Waals surface area contributed by atoms with Gasteiger partial charge in [-0.3, -0.25) is 4.79 Å².